The Bertz CT molecular complexity index is 683. The molecule has 26 heavy (non-hydrogen) atoms. The van der Waals surface area contributed by atoms with Gasteiger partial charge in [0.2, 0.25) is 0 Å². The average Bonchev–Trinajstić information content (AvgIpc) is 2.51. The van der Waals surface area contributed by atoms with Crippen molar-refractivity contribution >= 4 is 29.6 Å². The molecule has 0 saturated carbocycles. The van der Waals surface area contributed by atoms with Crippen LogP contribution >= 0.6 is 12.0 Å². The fraction of sp³-hybridized carbons (Fsp3) is 0.429. The van der Waals surface area contributed by atoms with Crippen LogP contribution in [0.5, 0.6) is 0 Å². The first-order valence-corrected chi connectivity index (χ1v) is 7.91. The number of hydrogen-bond acceptors (Lipinski definition) is 6. The number of aliphatic carboxylic acids is 1. The van der Waals surface area contributed by atoms with Gasteiger partial charge in [-0.15, -0.1) is 0 Å². The van der Waals surface area contributed by atoms with Crippen LogP contribution in [0.1, 0.15) is 18.4 Å². The molecule has 8 nitrogen and oxygen atoms in total. The van der Waals surface area contributed by atoms with E-state index in [0.29, 0.717) is 12.0 Å². The van der Waals surface area contributed by atoms with Gasteiger partial charge in [-0.3, -0.25) is 14.9 Å². The Hall–Kier alpha value is -2.34. The molecule has 1 amide bonds. The maximum atomic E-state index is 12.2. The van der Waals surface area contributed by atoms with Crippen LogP contribution in [0.4, 0.5) is 18.9 Å². The Morgan fingerprint density at radius 2 is 2.08 bits per heavy atom. The SMILES string of the molecule is Cc1ccc([N+](=O)[O-])c(SOCCC[C@H](NC(=O)C(F)(F)F)C(=O)O)c1. The number of carboxylic acids is 1. The molecule has 1 atom stereocenters. The van der Waals surface area contributed by atoms with Gasteiger partial charge in [-0.1, -0.05) is 6.07 Å². The molecule has 144 valence electrons. The van der Waals surface area contributed by atoms with Crippen molar-refractivity contribution in [3.05, 3.63) is 33.9 Å². The van der Waals surface area contributed by atoms with Crippen molar-refractivity contribution in [2.45, 2.75) is 36.9 Å². The minimum absolute atomic E-state index is 0.0156. The summed E-state index contributed by atoms with van der Waals surface area (Å²) in [6.45, 7) is 1.65. The van der Waals surface area contributed by atoms with Crippen LogP contribution in [0, 0.1) is 17.0 Å². The summed E-state index contributed by atoms with van der Waals surface area (Å²) >= 11 is 0.711. The van der Waals surface area contributed by atoms with E-state index in [1.54, 1.807) is 13.0 Å². The number of rotatable bonds is 9. The zero-order valence-electron chi connectivity index (χ0n) is 13.4. The molecule has 0 aliphatic rings. The largest absolute Gasteiger partial charge is 0.480 e. The van der Waals surface area contributed by atoms with Crippen molar-refractivity contribution in [2.75, 3.05) is 6.61 Å². The molecule has 12 heteroatoms. The number of nitro benzene ring substituents is 1. The van der Waals surface area contributed by atoms with E-state index >= 15 is 0 Å². The Morgan fingerprint density at radius 1 is 1.42 bits per heavy atom. The topological polar surface area (TPSA) is 119 Å². The highest BCUT2D eigenvalue weighted by molar-refractivity contribution is 7.94. The number of benzene rings is 1. The molecule has 1 aromatic carbocycles. The van der Waals surface area contributed by atoms with Gasteiger partial charge in [0.25, 0.3) is 5.69 Å². The van der Waals surface area contributed by atoms with E-state index in [1.165, 1.54) is 17.4 Å². The third kappa shape index (κ3) is 6.88. The zero-order chi connectivity index (χ0) is 19.9. The molecule has 0 aliphatic carbocycles. The number of carbonyl (C=O) groups is 2. The Balaban J connectivity index is 2.50. The van der Waals surface area contributed by atoms with E-state index in [0.717, 1.165) is 5.56 Å². The van der Waals surface area contributed by atoms with Crippen LogP contribution in [0.2, 0.25) is 0 Å². The third-order valence-electron chi connectivity index (χ3n) is 3.04. The van der Waals surface area contributed by atoms with Gasteiger partial charge in [-0.2, -0.15) is 13.2 Å². The highest BCUT2D eigenvalue weighted by atomic mass is 32.2. The summed E-state index contributed by atoms with van der Waals surface area (Å²) < 4.78 is 41.6. The van der Waals surface area contributed by atoms with E-state index < -0.39 is 29.0 Å². The van der Waals surface area contributed by atoms with Gasteiger partial charge in [0.15, 0.2) is 0 Å². The minimum Gasteiger partial charge on any atom is -0.480 e. The van der Waals surface area contributed by atoms with Crippen molar-refractivity contribution in [3.63, 3.8) is 0 Å². The van der Waals surface area contributed by atoms with E-state index in [4.69, 9.17) is 9.29 Å². The van der Waals surface area contributed by atoms with Crippen LogP contribution in [0.3, 0.4) is 0 Å². The average molecular weight is 396 g/mol. The van der Waals surface area contributed by atoms with Crippen LogP contribution < -0.4 is 5.32 Å². The summed E-state index contributed by atoms with van der Waals surface area (Å²) in [5, 5.41) is 21.1. The number of halogens is 3. The highest BCUT2D eigenvalue weighted by Gasteiger charge is 2.40. The number of carbonyl (C=O) groups excluding carboxylic acids is 1. The van der Waals surface area contributed by atoms with Crippen LogP contribution in [-0.4, -0.2) is 40.7 Å². The van der Waals surface area contributed by atoms with Gasteiger partial charge in [-0.25, -0.2) is 4.79 Å². The number of alkyl halides is 3. The summed E-state index contributed by atoms with van der Waals surface area (Å²) in [5.41, 5.74) is 0.601. The van der Waals surface area contributed by atoms with Gasteiger partial charge in [0, 0.05) is 18.1 Å². The van der Waals surface area contributed by atoms with E-state index in [2.05, 4.69) is 0 Å². The third-order valence-corrected chi connectivity index (χ3v) is 3.83. The van der Waals surface area contributed by atoms with Gasteiger partial charge in [-0.05, 0) is 31.4 Å². The van der Waals surface area contributed by atoms with Gasteiger partial charge >= 0.3 is 18.1 Å². The number of nitrogens with zero attached hydrogens (tertiary/aromatic N) is 1. The normalized spacial score (nSPS) is 12.5. The molecule has 1 aromatic rings. The Kier molecular flexibility index (Phi) is 7.83. The summed E-state index contributed by atoms with van der Waals surface area (Å²) in [7, 11) is 0. The molecular formula is C14H15F3N2O6S. The molecule has 0 radical (unpaired) electrons. The molecule has 0 bridgehead atoms. The number of nitro groups is 1. The van der Waals surface area contributed by atoms with E-state index in [9.17, 15) is 32.9 Å². The quantitative estimate of drug-likeness (QED) is 0.285. The molecule has 0 aromatic heterocycles. The number of hydrogen-bond donors (Lipinski definition) is 2. The molecule has 0 heterocycles. The minimum atomic E-state index is -5.18. The maximum absolute atomic E-state index is 12.2. The lowest BCUT2D eigenvalue weighted by atomic mass is 10.1. The summed E-state index contributed by atoms with van der Waals surface area (Å²) in [6.07, 6.45) is -5.46. The molecule has 0 saturated heterocycles. The first-order valence-electron chi connectivity index (χ1n) is 7.17. The first-order chi connectivity index (χ1) is 12.0. The number of aryl methyl sites for hydroxylation is 1. The van der Waals surface area contributed by atoms with Crippen molar-refractivity contribution in [1.29, 1.82) is 0 Å². The second-order valence-corrected chi connectivity index (χ2v) is 5.98. The molecule has 0 fully saturated rings. The van der Waals surface area contributed by atoms with Crippen molar-refractivity contribution in [2.24, 2.45) is 0 Å². The van der Waals surface area contributed by atoms with Crippen LogP contribution in [-0.2, 0) is 13.8 Å². The van der Waals surface area contributed by atoms with Crippen molar-refractivity contribution in [3.8, 4) is 0 Å². The standard InChI is InChI=1S/C14H15F3N2O6S/c1-8-4-5-10(19(23)24)11(7-8)26-25-6-2-3-9(12(20)21)18-13(22)14(15,16)17/h4-5,7,9H,2-3,6H2,1H3,(H,18,22)(H,20,21)/t9-/m0/s1. The fourth-order valence-corrected chi connectivity index (χ4v) is 2.58. The maximum Gasteiger partial charge on any atom is 0.471 e. The van der Waals surface area contributed by atoms with Gasteiger partial charge in [0.05, 0.1) is 11.5 Å². The van der Waals surface area contributed by atoms with Crippen molar-refractivity contribution < 1.29 is 37.0 Å². The molecule has 2 N–H and O–H groups in total. The second kappa shape index (κ2) is 9.38. The summed E-state index contributed by atoms with van der Waals surface area (Å²) in [5.74, 6) is -3.94. The number of carboxylic acid groups (broad SMARTS) is 1. The lowest BCUT2D eigenvalue weighted by molar-refractivity contribution is -0.387. The van der Waals surface area contributed by atoms with Gasteiger partial charge in [0.1, 0.15) is 10.9 Å². The number of nitrogens with one attached hydrogen (secondary N) is 1. The second-order valence-electron chi connectivity index (χ2n) is 5.14. The Labute approximate surface area is 150 Å². The zero-order valence-corrected chi connectivity index (χ0v) is 14.2. The molecule has 1 rings (SSSR count). The summed E-state index contributed by atoms with van der Waals surface area (Å²) in [4.78, 5) is 32.3. The molecule has 0 spiro atoms. The van der Waals surface area contributed by atoms with Gasteiger partial charge < -0.3 is 14.6 Å². The lowest BCUT2D eigenvalue weighted by Gasteiger charge is -2.15. The highest BCUT2D eigenvalue weighted by Crippen LogP contribution is 2.30. The molecule has 0 aliphatic heterocycles. The first kappa shape index (κ1) is 21.7. The van der Waals surface area contributed by atoms with Crippen LogP contribution in [0.15, 0.2) is 23.1 Å². The monoisotopic (exact) mass is 396 g/mol. The predicted molar refractivity (Wildman–Crippen MR) is 84.5 cm³/mol. The Morgan fingerprint density at radius 3 is 2.62 bits per heavy atom. The smallest absolute Gasteiger partial charge is 0.471 e. The van der Waals surface area contributed by atoms with E-state index in [-0.39, 0.29) is 30.0 Å². The predicted octanol–water partition coefficient (Wildman–Crippen LogP) is 2.84. The fourth-order valence-electron chi connectivity index (χ4n) is 1.79. The summed E-state index contributed by atoms with van der Waals surface area (Å²) in [6, 6.07) is 2.69. The number of amides is 1. The van der Waals surface area contributed by atoms with Crippen molar-refractivity contribution in [1.82, 2.24) is 5.32 Å². The van der Waals surface area contributed by atoms with E-state index in [1.807, 2.05) is 0 Å². The molecule has 0 unspecified atom stereocenters. The lowest BCUT2D eigenvalue weighted by Crippen LogP contribution is -2.46. The van der Waals surface area contributed by atoms with Crippen LogP contribution in [0.25, 0.3) is 0 Å². The molecular weight excluding hydrogens is 381 g/mol.